The highest BCUT2D eigenvalue weighted by Crippen LogP contribution is 2.33. The van der Waals surface area contributed by atoms with Gasteiger partial charge < -0.3 is 14.7 Å². The average Bonchev–Trinajstić information content (AvgIpc) is 2.93. The Balaban J connectivity index is 1.86. The van der Waals surface area contributed by atoms with Gasteiger partial charge in [-0.15, -0.1) is 0 Å². The number of nitrogens with zero attached hydrogens (tertiary/aromatic N) is 3. The molecule has 2 aliphatic rings. The summed E-state index contributed by atoms with van der Waals surface area (Å²) in [6.45, 7) is 6.25. The third-order valence-corrected chi connectivity index (χ3v) is 4.86. The van der Waals surface area contributed by atoms with Crippen LogP contribution in [0, 0.1) is 0 Å². The fraction of sp³-hybridized carbons (Fsp3) is 0.722. The van der Waals surface area contributed by atoms with Gasteiger partial charge in [-0.2, -0.15) is 5.10 Å². The molecule has 1 N–H and O–H groups in total. The Kier molecular flexibility index (Phi) is 4.75. The Labute approximate surface area is 147 Å². The molecule has 7 nitrogen and oxygen atoms in total. The van der Waals surface area contributed by atoms with Crippen molar-refractivity contribution in [1.29, 1.82) is 0 Å². The quantitative estimate of drug-likeness (QED) is 0.885. The zero-order chi connectivity index (χ0) is 18.2. The number of aromatic nitrogens is 2. The van der Waals surface area contributed by atoms with Crippen LogP contribution in [0.3, 0.4) is 0 Å². The van der Waals surface area contributed by atoms with Gasteiger partial charge in [0.05, 0.1) is 12.6 Å². The van der Waals surface area contributed by atoms with Crippen LogP contribution in [0.25, 0.3) is 0 Å². The van der Waals surface area contributed by atoms with Gasteiger partial charge in [0, 0.05) is 24.2 Å². The Bertz CT molecular complexity index is 669. The maximum Gasteiger partial charge on any atom is 0.410 e. The third kappa shape index (κ3) is 3.80. The lowest BCUT2D eigenvalue weighted by atomic mass is 9.95. The summed E-state index contributed by atoms with van der Waals surface area (Å²) in [6, 6.07) is 0.281. The third-order valence-electron chi connectivity index (χ3n) is 4.86. The number of amides is 1. The maximum absolute atomic E-state index is 12.3. The molecule has 1 amide bonds. The van der Waals surface area contributed by atoms with E-state index in [1.54, 1.807) is 4.90 Å². The number of carbonyl (C=O) groups is 2. The summed E-state index contributed by atoms with van der Waals surface area (Å²) in [5, 5.41) is 14.0. The zero-order valence-electron chi connectivity index (χ0n) is 15.2. The van der Waals surface area contributed by atoms with Crippen molar-refractivity contribution < 1.29 is 19.4 Å². The van der Waals surface area contributed by atoms with Gasteiger partial charge >= 0.3 is 12.1 Å². The number of aromatic carboxylic acids is 1. The fourth-order valence-electron chi connectivity index (χ4n) is 3.73. The van der Waals surface area contributed by atoms with Crippen LogP contribution in [0.4, 0.5) is 4.79 Å². The van der Waals surface area contributed by atoms with Gasteiger partial charge in [-0.1, -0.05) is 19.3 Å². The van der Waals surface area contributed by atoms with Crippen LogP contribution in [0.2, 0.25) is 0 Å². The number of carboxylic acids is 1. The minimum absolute atomic E-state index is 0.0776. The van der Waals surface area contributed by atoms with Crippen molar-refractivity contribution in [2.45, 2.75) is 77.5 Å². The molecule has 2 heterocycles. The van der Waals surface area contributed by atoms with E-state index in [0.29, 0.717) is 18.5 Å². The van der Waals surface area contributed by atoms with Gasteiger partial charge in [-0.3, -0.25) is 4.68 Å². The molecule has 0 atom stereocenters. The zero-order valence-corrected chi connectivity index (χ0v) is 15.2. The minimum Gasteiger partial charge on any atom is -0.476 e. The highest BCUT2D eigenvalue weighted by atomic mass is 16.6. The summed E-state index contributed by atoms with van der Waals surface area (Å²) in [5.41, 5.74) is 1.15. The predicted molar refractivity (Wildman–Crippen MR) is 91.7 cm³/mol. The first-order chi connectivity index (χ1) is 11.8. The van der Waals surface area contributed by atoms with Gasteiger partial charge in [0.2, 0.25) is 0 Å². The molecule has 1 aromatic heterocycles. The van der Waals surface area contributed by atoms with Gasteiger partial charge in [0.1, 0.15) is 5.60 Å². The molecule has 0 saturated heterocycles. The van der Waals surface area contributed by atoms with Crippen molar-refractivity contribution in [3.8, 4) is 0 Å². The van der Waals surface area contributed by atoms with Crippen LogP contribution < -0.4 is 0 Å². The first kappa shape index (κ1) is 17.8. The standard InChI is InChI=1S/C18H27N3O4/c1-18(2,3)25-17(24)20-10-9-14-13(11-20)15(16(22)23)19-21(14)12-7-5-4-6-8-12/h12H,4-11H2,1-3H3,(H,22,23). The number of carbonyl (C=O) groups excluding carboxylic acids is 1. The molecule has 138 valence electrons. The van der Waals surface area contributed by atoms with Crippen LogP contribution in [0.1, 0.15) is 80.7 Å². The lowest BCUT2D eigenvalue weighted by Crippen LogP contribution is -2.40. The van der Waals surface area contributed by atoms with Gasteiger partial charge in [-0.05, 0) is 33.6 Å². The Morgan fingerprint density at radius 3 is 2.48 bits per heavy atom. The molecule has 0 bridgehead atoms. The molecule has 1 aliphatic carbocycles. The smallest absolute Gasteiger partial charge is 0.410 e. The second-order valence-corrected chi connectivity index (χ2v) is 7.97. The monoisotopic (exact) mass is 349 g/mol. The van der Waals surface area contributed by atoms with E-state index in [9.17, 15) is 14.7 Å². The molecule has 1 fully saturated rings. The lowest BCUT2D eigenvalue weighted by Gasteiger charge is -2.31. The normalized spacial score (nSPS) is 18.8. The van der Waals surface area contributed by atoms with E-state index in [1.807, 2.05) is 25.5 Å². The molecule has 1 aliphatic heterocycles. The first-order valence-electron chi connectivity index (χ1n) is 9.08. The molecule has 25 heavy (non-hydrogen) atoms. The molecule has 3 rings (SSSR count). The highest BCUT2D eigenvalue weighted by molar-refractivity contribution is 5.87. The van der Waals surface area contributed by atoms with Crippen molar-refractivity contribution in [3.63, 3.8) is 0 Å². The molecular formula is C18H27N3O4. The fourth-order valence-corrected chi connectivity index (χ4v) is 3.73. The summed E-state index contributed by atoms with van der Waals surface area (Å²) >= 11 is 0. The van der Waals surface area contributed by atoms with Crippen molar-refractivity contribution in [2.75, 3.05) is 6.54 Å². The van der Waals surface area contributed by atoms with Gasteiger partial charge in [0.25, 0.3) is 0 Å². The summed E-state index contributed by atoms with van der Waals surface area (Å²) < 4.78 is 7.36. The van der Waals surface area contributed by atoms with E-state index >= 15 is 0 Å². The summed E-state index contributed by atoms with van der Waals surface area (Å²) in [5.74, 6) is -1.03. The van der Waals surface area contributed by atoms with Crippen LogP contribution in [-0.2, 0) is 17.7 Å². The number of hydrogen-bond donors (Lipinski definition) is 1. The lowest BCUT2D eigenvalue weighted by molar-refractivity contribution is 0.0220. The van der Waals surface area contributed by atoms with Crippen molar-refractivity contribution >= 4 is 12.1 Å². The minimum atomic E-state index is -1.03. The molecule has 1 saturated carbocycles. The summed E-state index contributed by atoms with van der Waals surface area (Å²) in [6.07, 6.45) is 5.85. The van der Waals surface area contributed by atoms with Crippen LogP contribution in [0.15, 0.2) is 0 Å². The maximum atomic E-state index is 12.3. The summed E-state index contributed by atoms with van der Waals surface area (Å²) in [4.78, 5) is 25.6. The molecular weight excluding hydrogens is 322 g/mol. The molecule has 1 aromatic rings. The second kappa shape index (κ2) is 6.69. The van der Waals surface area contributed by atoms with Crippen molar-refractivity contribution in [2.24, 2.45) is 0 Å². The van der Waals surface area contributed by atoms with E-state index in [0.717, 1.165) is 31.4 Å². The molecule has 0 spiro atoms. The number of fused-ring (bicyclic) bond motifs is 1. The number of rotatable bonds is 2. The number of hydrogen-bond acceptors (Lipinski definition) is 4. The van der Waals surface area contributed by atoms with E-state index in [2.05, 4.69) is 5.10 Å². The van der Waals surface area contributed by atoms with Crippen LogP contribution in [0.5, 0.6) is 0 Å². The van der Waals surface area contributed by atoms with Gasteiger partial charge in [-0.25, -0.2) is 9.59 Å². The largest absolute Gasteiger partial charge is 0.476 e. The molecule has 7 heteroatoms. The van der Waals surface area contributed by atoms with Crippen LogP contribution in [-0.4, -0.2) is 44.0 Å². The number of carboxylic acid groups (broad SMARTS) is 1. The van der Waals surface area contributed by atoms with E-state index in [-0.39, 0.29) is 18.3 Å². The summed E-state index contributed by atoms with van der Waals surface area (Å²) in [7, 11) is 0. The van der Waals surface area contributed by atoms with Crippen LogP contribution >= 0.6 is 0 Å². The Hall–Kier alpha value is -2.05. The first-order valence-corrected chi connectivity index (χ1v) is 9.08. The SMILES string of the molecule is CC(C)(C)OC(=O)N1CCc2c(c(C(=O)O)nn2C2CCCCC2)C1. The molecule has 0 radical (unpaired) electrons. The predicted octanol–water partition coefficient (Wildman–Crippen LogP) is 3.38. The van der Waals surface area contributed by atoms with E-state index < -0.39 is 17.7 Å². The highest BCUT2D eigenvalue weighted by Gasteiger charge is 2.33. The van der Waals surface area contributed by atoms with E-state index in [4.69, 9.17) is 4.74 Å². The Morgan fingerprint density at radius 1 is 1.20 bits per heavy atom. The van der Waals surface area contributed by atoms with Crippen molar-refractivity contribution in [1.82, 2.24) is 14.7 Å². The average molecular weight is 349 g/mol. The molecule has 0 aromatic carbocycles. The van der Waals surface area contributed by atoms with Gasteiger partial charge in [0.15, 0.2) is 5.69 Å². The topological polar surface area (TPSA) is 84.7 Å². The Morgan fingerprint density at radius 2 is 1.88 bits per heavy atom. The van der Waals surface area contributed by atoms with Crippen molar-refractivity contribution in [3.05, 3.63) is 17.0 Å². The van der Waals surface area contributed by atoms with E-state index in [1.165, 1.54) is 6.42 Å². The second-order valence-electron chi connectivity index (χ2n) is 7.97. The molecule has 0 unspecified atom stereocenters. The number of ether oxygens (including phenoxy) is 1.